The Morgan fingerprint density at radius 2 is 1.88 bits per heavy atom. The number of halogens is 2. The topological polar surface area (TPSA) is 134 Å². The zero-order valence-electron chi connectivity index (χ0n) is 18.0. The summed E-state index contributed by atoms with van der Waals surface area (Å²) in [6.45, 7) is 1.63. The second kappa shape index (κ2) is 11.0. The van der Waals surface area contributed by atoms with Crippen LogP contribution in [0.15, 0.2) is 41.5 Å². The van der Waals surface area contributed by atoms with Gasteiger partial charge in [0.25, 0.3) is 11.6 Å². The molecule has 0 aromatic heterocycles. The fraction of sp³-hybridized carbons (Fsp3) is 0.300. The van der Waals surface area contributed by atoms with Crippen molar-refractivity contribution in [3.8, 4) is 0 Å². The van der Waals surface area contributed by atoms with E-state index in [0.29, 0.717) is 37.6 Å². The molecule has 0 bridgehead atoms. The van der Waals surface area contributed by atoms with Crippen LogP contribution in [0, 0.1) is 10.1 Å². The number of morpholine rings is 1. The molecule has 1 aliphatic rings. The fourth-order valence-corrected chi connectivity index (χ4v) is 4.63. The predicted octanol–water partition coefficient (Wildman–Crippen LogP) is 2.65. The molecular weight excluding hydrogens is 509 g/mol. The average Bonchev–Trinajstić information content (AvgIpc) is 2.76. The molecule has 1 fully saturated rings. The number of nitrogens with zero attached hydrogens (tertiary/aromatic N) is 4. The lowest BCUT2D eigenvalue weighted by atomic mass is 10.1. The quantitative estimate of drug-likeness (QED) is 0.315. The first-order valence-corrected chi connectivity index (χ1v) is 12.5. The molecule has 0 radical (unpaired) electrons. The summed E-state index contributed by atoms with van der Waals surface area (Å²) in [5, 5.41) is 15.5. The molecule has 0 atom stereocenters. The molecular formula is C20H21Cl2N5O6S. The number of nitro benzene ring substituents is 1. The number of hydrogen-bond donors (Lipinski definition) is 1. The molecule has 1 N–H and O–H groups in total. The van der Waals surface area contributed by atoms with Crippen LogP contribution in [0.3, 0.4) is 0 Å². The SMILES string of the molecule is CS(=O)(=O)N(CC(=O)N/N=C\c1cc([N+](=O)[O-])ccc1N1CCOCC1)c1cc(Cl)cc(Cl)c1. The van der Waals surface area contributed by atoms with E-state index < -0.39 is 27.4 Å². The minimum Gasteiger partial charge on any atom is -0.378 e. The Bertz CT molecular complexity index is 1200. The third kappa shape index (κ3) is 6.79. The highest BCUT2D eigenvalue weighted by Gasteiger charge is 2.22. The Morgan fingerprint density at radius 3 is 2.47 bits per heavy atom. The van der Waals surface area contributed by atoms with Gasteiger partial charge in [0, 0.05) is 46.5 Å². The molecule has 1 heterocycles. The van der Waals surface area contributed by atoms with Gasteiger partial charge in [-0.3, -0.25) is 19.2 Å². The molecule has 11 nitrogen and oxygen atoms in total. The van der Waals surface area contributed by atoms with Crippen LogP contribution in [0.5, 0.6) is 0 Å². The number of benzene rings is 2. The van der Waals surface area contributed by atoms with E-state index in [1.165, 1.54) is 36.5 Å². The average molecular weight is 530 g/mol. The molecule has 182 valence electrons. The smallest absolute Gasteiger partial charge is 0.270 e. The molecule has 0 spiro atoms. The van der Waals surface area contributed by atoms with E-state index >= 15 is 0 Å². The number of rotatable bonds is 8. The Hall–Kier alpha value is -2.93. The van der Waals surface area contributed by atoms with E-state index in [2.05, 4.69) is 10.5 Å². The normalized spacial score (nSPS) is 14.3. The summed E-state index contributed by atoms with van der Waals surface area (Å²) in [4.78, 5) is 25.1. The van der Waals surface area contributed by atoms with Crippen molar-refractivity contribution in [2.24, 2.45) is 5.10 Å². The standard InChI is InChI=1S/C20H21Cl2N5O6S/c1-34(31,32)26(18-10-15(21)9-16(22)11-18)13-20(28)24-23-12-14-8-17(27(29)30)2-3-19(14)25-4-6-33-7-5-25/h2-3,8-12H,4-7,13H2,1H3,(H,24,28)/b23-12-. The molecule has 34 heavy (non-hydrogen) atoms. The Morgan fingerprint density at radius 1 is 1.24 bits per heavy atom. The molecule has 1 amide bonds. The van der Waals surface area contributed by atoms with Crippen molar-refractivity contribution in [1.82, 2.24) is 5.43 Å². The number of nitrogens with one attached hydrogen (secondary N) is 1. The van der Waals surface area contributed by atoms with E-state index in [4.69, 9.17) is 27.9 Å². The van der Waals surface area contributed by atoms with Gasteiger partial charge in [-0.25, -0.2) is 13.8 Å². The highest BCUT2D eigenvalue weighted by Crippen LogP contribution is 2.27. The van der Waals surface area contributed by atoms with E-state index in [-0.39, 0.29) is 21.4 Å². The van der Waals surface area contributed by atoms with Gasteiger partial charge >= 0.3 is 0 Å². The summed E-state index contributed by atoms with van der Waals surface area (Å²) in [6, 6.07) is 8.51. The zero-order valence-corrected chi connectivity index (χ0v) is 20.3. The van der Waals surface area contributed by atoms with Crippen LogP contribution in [0.25, 0.3) is 0 Å². The fourth-order valence-electron chi connectivity index (χ4n) is 3.27. The van der Waals surface area contributed by atoms with Crippen molar-refractivity contribution in [1.29, 1.82) is 0 Å². The maximum absolute atomic E-state index is 12.5. The van der Waals surface area contributed by atoms with Gasteiger partial charge < -0.3 is 9.64 Å². The van der Waals surface area contributed by atoms with Crippen LogP contribution in [0.2, 0.25) is 10.0 Å². The molecule has 1 saturated heterocycles. The lowest BCUT2D eigenvalue weighted by molar-refractivity contribution is -0.384. The highest BCUT2D eigenvalue weighted by molar-refractivity contribution is 7.92. The van der Waals surface area contributed by atoms with Crippen LogP contribution in [0.4, 0.5) is 17.1 Å². The van der Waals surface area contributed by atoms with E-state index in [1.807, 2.05) is 4.90 Å². The monoisotopic (exact) mass is 529 g/mol. The molecule has 2 aromatic carbocycles. The third-order valence-electron chi connectivity index (χ3n) is 4.79. The van der Waals surface area contributed by atoms with Gasteiger partial charge in [-0.05, 0) is 24.3 Å². The van der Waals surface area contributed by atoms with Gasteiger partial charge in [-0.1, -0.05) is 23.2 Å². The summed E-state index contributed by atoms with van der Waals surface area (Å²) < 4.78 is 30.7. The number of non-ortho nitro benzene ring substituents is 1. The van der Waals surface area contributed by atoms with Gasteiger partial charge in [0.15, 0.2) is 0 Å². The number of sulfonamides is 1. The number of hydrogen-bond acceptors (Lipinski definition) is 8. The number of nitro groups is 1. The number of ether oxygens (including phenoxy) is 1. The summed E-state index contributed by atoms with van der Waals surface area (Å²) >= 11 is 11.9. The number of hydrazone groups is 1. The van der Waals surface area contributed by atoms with Crippen LogP contribution in [0.1, 0.15) is 5.56 Å². The minimum atomic E-state index is -3.85. The van der Waals surface area contributed by atoms with Crippen molar-refractivity contribution in [3.63, 3.8) is 0 Å². The maximum Gasteiger partial charge on any atom is 0.270 e. The molecule has 0 aliphatic carbocycles. The summed E-state index contributed by atoms with van der Waals surface area (Å²) in [7, 11) is -3.85. The van der Waals surface area contributed by atoms with Crippen molar-refractivity contribution >= 4 is 62.4 Å². The number of anilines is 2. The molecule has 14 heteroatoms. The van der Waals surface area contributed by atoms with E-state index in [0.717, 1.165) is 10.6 Å². The van der Waals surface area contributed by atoms with Crippen molar-refractivity contribution in [2.75, 3.05) is 48.3 Å². The molecule has 3 rings (SSSR count). The first-order chi connectivity index (χ1) is 16.0. The number of amides is 1. The van der Waals surface area contributed by atoms with Crippen molar-refractivity contribution in [2.45, 2.75) is 0 Å². The Labute approximate surface area is 206 Å². The largest absolute Gasteiger partial charge is 0.378 e. The van der Waals surface area contributed by atoms with Gasteiger partial charge in [0.2, 0.25) is 10.0 Å². The first kappa shape index (κ1) is 25.7. The molecule has 2 aromatic rings. The molecule has 0 unspecified atom stereocenters. The van der Waals surface area contributed by atoms with Gasteiger partial charge in [-0.2, -0.15) is 5.10 Å². The van der Waals surface area contributed by atoms with Crippen molar-refractivity contribution in [3.05, 3.63) is 62.1 Å². The van der Waals surface area contributed by atoms with Crippen molar-refractivity contribution < 1.29 is 22.9 Å². The predicted molar refractivity (Wildman–Crippen MR) is 131 cm³/mol. The Kier molecular flexibility index (Phi) is 8.31. The van der Waals surface area contributed by atoms with Crippen LogP contribution in [-0.4, -0.2) is 64.6 Å². The lowest BCUT2D eigenvalue weighted by Gasteiger charge is -2.29. The summed E-state index contributed by atoms with van der Waals surface area (Å²) in [5.41, 5.74) is 3.35. The Balaban J connectivity index is 1.79. The maximum atomic E-state index is 12.5. The van der Waals surface area contributed by atoms with E-state index in [9.17, 15) is 23.3 Å². The summed E-state index contributed by atoms with van der Waals surface area (Å²) in [6.07, 6.45) is 2.22. The molecule has 0 saturated carbocycles. The first-order valence-electron chi connectivity index (χ1n) is 9.91. The van der Waals surface area contributed by atoms with Gasteiger partial charge in [-0.15, -0.1) is 0 Å². The second-order valence-corrected chi connectivity index (χ2v) is 10.1. The van der Waals surface area contributed by atoms with Crippen LogP contribution in [-0.2, 0) is 19.6 Å². The van der Waals surface area contributed by atoms with Gasteiger partial charge in [0.1, 0.15) is 6.54 Å². The number of carbonyl (C=O) groups is 1. The number of carbonyl (C=O) groups excluding carboxylic acids is 1. The molecule has 1 aliphatic heterocycles. The second-order valence-electron chi connectivity index (χ2n) is 7.29. The lowest BCUT2D eigenvalue weighted by Crippen LogP contribution is -2.39. The summed E-state index contributed by atoms with van der Waals surface area (Å²) in [5.74, 6) is -0.740. The van der Waals surface area contributed by atoms with Crippen LogP contribution < -0.4 is 14.6 Å². The van der Waals surface area contributed by atoms with Gasteiger partial charge in [0.05, 0.1) is 36.3 Å². The zero-order chi connectivity index (χ0) is 24.9. The third-order valence-corrected chi connectivity index (χ3v) is 6.37. The van der Waals surface area contributed by atoms with Crippen LogP contribution >= 0.6 is 23.2 Å². The van der Waals surface area contributed by atoms with E-state index in [1.54, 1.807) is 6.07 Å². The minimum absolute atomic E-state index is 0.118. The highest BCUT2D eigenvalue weighted by atomic mass is 35.5.